The fourth-order valence-electron chi connectivity index (χ4n) is 2.51. The normalized spacial score (nSPS) is 18.0. The molecule has 0 saturated carbocycles. The predicted molar refractivity (Wildman–Crippen MR) is 76.9 cm³/mol. The van der Waals surface area contributed by atoms with Crippen LogP contribution < -0.4 is 9.64 Å². The van der Waals surface area contributed by atoms with Gasteiger partial charge in [0.2, 0.25) is 0 Å². The third kappa shape index (κ3) is 3.24. The van der Waals surface area contributed by atoms with Gasteiger partial charge < -0.3 is 14.7 Å². The van der Waals surface area contributed by atoms with Crippen molar-refractivity contribution in [2.75, 3.05) is 11.4 Å². The Balaban J connectivity index is 2.37. The van der Waals surface area contributed by atoms with E-state index in [1.165, 1.54) is 6.07 Å². The number of rotatable bonds is 5. The summed E-state index contributed by atoms with van der Waals surface area (Å²) in [5, 5.41) is 20.2. The van der Waals surface area contributed by atoms with Crippen molar-refractivity contribution < 1.29 is 19.6 Å². The molecule has 1 saturated heterocycles. The van der Waals surface area contributed by atoms with Crippen molar-refractivity contribution in [3.8, 4) is 5.75 Å². The predicted octanol–water partition coefficient (Wildman–Crippen LogP) is 2.44. The number of aliphatic carboxylic acids is 1. The third-order valence-electron chi connectivity index (χ3n) is 3.37. The van der Waals surface area contributed by atoms with Crippen LogP contribution in [0.25, 0.3) is 0 Å². The standard InChI is InChI=1S/C14H18N2O5/c1-9(2)21-13-8-10(5-6-11(13)16(19)20)15-7-3-4-12(15)14(17)18/h5-6,8-9,12H,3-4,7H2,1-2H3,(H,17,18). The van der Waals surface area contributed by atoms with E-state index in [0.29, 0.717) is 18.7 Å². The molecule has 0 aliphatic carbocycles. The number of carboxylic acid groups (broad SMARTS) is 1. The monoisotopic (exact) mass is 294 g/mol. The van der Waals surface area contributed by atoms with Gasteiger partial charge in [-0.25, -0.2) is 4.79 Å². The summed E-state index contributed by atoms with van der Waals surface area (Å²) in [6.07, 6.45) is 1.16. The molecule has 21 heavy (non-hydrogen) atoms. The van der Waals surface area contributed by atoms with Crippen LogP contribution in [0.15, 0.2) is 18.2 Å². The molecule has 1 fully saturated rings. The smallest absolute Gasteiger partial charge is 0.326 e. The number of nitro groups is 1. The van der Waals surface area contributed by atoms with Crippen LogP contribution in [0.4, 0.5) is 11.4 Å². The number of anilines is 1. The number of carboxylic acids is 1. The Morgan fingerprint density at radius 1 is 1.52 bits per heavy atom. The van der Waals surface area contributed by atoms with Crippen molar-refractivity contribution >= 4 is 17.3 Å². The van der Waals surface area contributed by atoms with Gasteiger partial charge in [0.15, 0.2) is 5.75 Å². The van der Waals surface area contributed by atoms with E-state index in [4.69, 9.17) is 4.74 Å². The van der Waals surface area contributed by atoms with E-state index in [1.54, 1.807) is 30.9 Å². The number of nitro benzene ring substituents is 1. The van der Waals surface area contributed by atoms with Gasteiger partial charge in [0.1, 0.15) is 6.04 Å². The minimum absolute atomic E-state index is 0.112. The lowest BCUT2D eigenvalue weighted by atomic mass is 10.2. The van der Waals surface area contributed by atoms with Crippen molar-refractivity contribution in [2.24, 2.45) is 0 Å². The van der Waals surface area contributed by atoms with E-state index in [-0.39, 0.29) is 17.5 Å². The molecular weight excluding hydrogens is 276 g/mol. The number of hydrogen-bond acceptors (Lipinski definition) is 5. The number of benzene rings is 1. The summed E-state index contributed by atoms with van der Waals surface area (Å²) >= 11 is 0. The molecule has 2 rings (SSSR count). The number of hydrogen-bond donors (Lipinski definition) is 1. The summed E-state index contributed by atoms with van der Waals surface area (Å²) < 4.78 is 5.49. The van der Waals surface area contributed by atoms with Gasteiger partial charge in [0.05, 0.1) is 11.0 Å². The lowest BCUT2D eigenvalue weighted by Crippen LogP contribution is -2.35. The van der Waals surface area contributed by atoms with Gasteiger partial charge in [-0.05, 0) is 32.8 Å². The molecule has 0 spiro atoms. The maximum Gasteiger partial charge on any atom is 0.326 e. The molecule has 0 aromatic heterocycles. The van der Waals surface area contributed by atoms with Crippen LogP contribution in [-0.4, -0.2) is 34.7 Å². The average molecular weight is 294 g/mol. The van der Waals surface area contributed by atoms with Crippen LogP contribution in [0.1, 0.15) is 26.7 Å². The van der Waals surface area contributed by atoms with Crippen molar-refractivity contribution in [3.63, 3.8) is 0 Å². The van der Waals surface area contributed by atoms with E-state index in [9.17, 15) is 20.0 Å². The van der Waals surface area contributed by atoms with Gasteiger partial charge in [-0.15, -0.1) is 0 Å². The van der Waals surface area contributed by atoms with Crippen LogP contribution in [0, 0.1) is 10.1 Å². The Morgan fingerprint density at radius 2 is 2.24 bits per heavy atom. The number of carbonyl (C=O) groups is 1. The Bertz CT molecular complexity index is 558. The summed E-state index contributed by atoms with van der Waals surface area (Å²) in [5.74, 6) is -0.708. The van der Waals surface area contributed by atoms with E-state index < -0.39 is 16.9 Å². The van der Waals surface area contributed by atoms with Gasteiger partial charge in [-0.2, -0.15) is 0 Å². The van der Waals surface area contributed by atoms with Crippen molar-refractivity contribution in [3.05, 3.63) is 28.3 Å². The minimum atomic E-state index is -0.878. The molecule has 0 amide bonds. The van der Waals surface area contributed by atoms with E-state index >= 15 is 0 Å². The molecule has 1 heterocycles. The first kappa shape index (κ1) is 15.1. The highest BCUT2D eigenvalue weighted by Crippen LogP contribution is 2.35. The van der Waals surface area contributed by atoms with Crippen molar-refractivity contribution in [1.29, 1.82) is 0 Å². The molecule has 114 valence electrons. The van der Waals surface area contributed by atoms with Crippen molar-refractivity contribution in [2.45, 2.75) is 38.8 Å². The maximum atomic E-state index is 11.2. The van der Waals surface area contributed by atoms with Crippen LogP contribution in [0.2, 0.25) is 0 Å². The first-order chi connectivity index (χ1) is 9.90. The largest absolute Gasteiger partial charge is 0.484 e. The first-order valence-electron chi connectivity index (χ1n) is 6.84. The van der Waals surface area contributed by atoms with E-state index in [2.05, 4.69) is 0 Å². The molecule has 7 nitrogen and oxygen atoms in total. The fourth-order valence-corrected chi connectivity index (χ4v) is 2.51. The second-order valence-electron chi connectivity index (χ2n) is 5.27. The number of ether oxygens (including phenoxy) is 1. The Morgan fingerprint density at radius 3 is 2.81 bits per heavy atom. The quantitative estimate of drug-likeness (QED) is 0.662. The average Bonchev–Trinajstić information content (AvgIpc) is 2.86. The third-order valence-corrected chi connectivity index (χ3v) is 3.37. The van der Waals surface area contributed by atoms with Gasteiger partial charge >= 0.3 is 11.7 Å². The zero-order valence-electron chi connectivity index (χ0n) is 12.0. The van der Waals surface area contributed by atoms with Crippen LogP contribution in [-0.2, 0) is 4.79 Å². The van der Waals surface area contributed by atoms with Crippen molar-refractivity contribution in [1.82, 2.24) is 0 Å². The molecule has 1 unspecified atom stereocenters. The van der Waals surface area contributed by atoms with Gasteiger partial charge in [-0.1, -0.05) is 0 Å². The second-order valence-corrected chi connectivity index (χ2v) is 5.27. The Kier molecular flexibility index (Phi) is 4.30. The first-order valence-corrected chi connectivity index (χ1v) is 6.84. The molecule has 1 aliphatic rings. The van der Waals surface area contributed by atoms with Crippen LogP contribution in [0.5, 0.6) is 5.75 Å². The molecule has 1 N–H and O–H groups in total. The Labute approximate surface area is 122 Å². The molecule has 1 atom stereocenters. The van der Waals surface area contributed by atoms with Gasteiger partial charge in [0.25, 0.3) is 0 Å². The Hall–Kier alpha value is -2.31. The lowest BCUT2D eigenvalue weighted by molar-refractivity contribution is -0.386. The lowest BCUT2D eigenvalue weighted by Gasteiger charge is -2.24. The second kappa shape index (κ2) is 5.99. The zero-order valence-corrected chi connectivity index (χ0v) is 12.0. The summed E-state index contributed by atoms with van der Waals surface area (Å²) in [5.41, 5.74) is 0.527. The summed E-state index contributed by atoms with van der Waals surface area (Å²) in [6.45, 7) is 4.19. The SMILES string of the molecule is CC(C)Oc1cc(N2CCCC2C(=O)O)ccc1[N+](=O)[O-]. The van der Waals surface area contributed by atoms with Crippen LogP contribution >= 0.6 is 0 Å². The highest BCUT2D eigenvalue weighted by Gasteiger charge is 2.31. The summed E-state index contributed by atoms with van der Waals surface area (Å²) in [6, 6.07) is 3.91. The molecule has 1 aromatic rings. The summed E-state index contributed by atoms with van der Waals surface area (Å²) in [4.78, 5) is 23.5. The number of nitrogens with zero attached hydrogens (tertiary/aromatic N) is 2. The molecule has 1 aromatic carbocycles. The topological polar surface area (TPSA) is 92.9 Å². The van der Waals surface area contributed by atoms with Gasteiger partial charge in [-0.3, -0.25) is 10.1 Å². The van der Waals surface area contributed by atoms with Gasteiger partial charge in [0, 0.05) is 24.4 Å². The zero-order chi connectivity index (χ0) is 15.6. The highest BCUT2D eigenvalue weighted by atomic mass is 16.6. The molecular formula is C14H18N2O5. The minimum Gasteiger partial charge on any atom is -0.484 e. The highest BCUT2D eigenvalue weighted by molar-refractivity contribution is 5.79. The fraction of sp³-hybridized carbons (Fsp3) is 0.500. The molecule has 0 radical (unpaired) electrons. The summed E-state index contributed by atoms with van der Waals surface area (Å²) in [7, 11) is 0. The molecule has 1 aliphatic heterocycles. The molecule has 0 bridgehead atoms. The van der Waals surface area contributed by atoms with E-state index in [1.807, 2.05) is 0 Å². The van der Waals surface area contributed by atoms with E-state index in [0.717, 1.165) is 6.42 Å². The van der Waals surface area contributed by atoms with Crippen LogP contribution in [0.3, 0.4) is 0 Å². The maximum absolute atomic E-state index is 11.2. The molecule has 7 heteroatoms.